The van der Waals surface area contributed by atoms with Crippen LogP contribution in [0.3, 0.4) is 0 Å². The fraction of sp³-hybridized carbons (Fsp3) is 0.600. The largest absolute Gasteiger partial charge is 0.355 e. The molecule has 0 aromatic carbocycles. The van der Waals surface area contributed by atoms with Crippen molar-refractivity contribution in [3.63, 3.8) is 0 Å². The lowest BCUT2D eigenvalue weighted by molar-refractivity contribution is -0.126. The van der Waals surface area contributed by atoms with Crippen LogP contribution in [-0.2, 0) is 9.59 Å². The smallest absolute Gasteiger partial charge is 0.239 e. The molecule has 5 heteroatoms. The van der Waals surface area contributed by atoms with Gasteiger partial charge in [-0.05, 0) is 12.8 Å². The fourth-order valence-electron chi connectivity index (χ4n) is 0.912. The van der Waals surface area contributed by atoms with Crippen molar-refractivity contribution in [2.75, 3.05) is 13.1 Å². The highest BCUT2D eigenvalue weighted by atomic mass is 16.2. The third-order valence-electron chi connectivity index (χ3n) is 1.75. The van der Waals surface area contributed by atoms with Crippen LogP contribution >= 0.6 is 0 Å². The number of amides is 2. The van der Waals surface area contributed by atoms with Crippen LogP contribution in [0.15, 0.2) is 12.7 Å². The Morgan fingerprint density at radius 3 is 2.67 bits per heavy atom. The molecule has 0 aromatic heterocycles. The van der Waals surface area contributed by atoms with Crippen molar-refractivity contribution in [2.24, 2.45) is 5.73 Å². The van der Waals surface area contributed by atoms with Gasteiger partial charge in [0.25, 0.3) is 0 Å². The van der Waals surface area contributed by atoms with E-state index in [0.29, 0.717) is 13.0 Å². The van der Waals surface area contributed by atoms with Gasteiger partial charge in [0.1, 0.15) is 0 Å². The van der Waals surface area contributed by atoms with Gasteiger partial charge in [0, 0.05) is 6.54 Å². The highest BCUT2D eigenvalue weighted by Gasteiger charge is 2.11. The van der Waals surface area contributed by atoms with Gasteiger partial charge in [0.2, 0.25) is 11.8 Å². The zero-order chi connectivity index (χ0) is 11.7. The molecule has 0 aliphatic heterocycles. The summed E-state index contributed by atoms with van der Waals surface area (Å²) in [4.78, 5) is 22.3. The second-order valence-corrected chi connectivity index (χ2v) is 3.20. The van der Waals surface area contributed by atoms with E-state index in [9.17, 15) is 9.59 Å². The van der Waals surface area contributed by atoms with Crippen LogP contribution in [0.4, 0.5) is 0 Å². The molecule has 0 bridgehead atoms. The van der Waals surface area contributed by atoms with Gasteiger partial charge >= 0.3 is 0 Å². The van der Waals surface area contributed by atoms with Gasteiger partial charge in [0.15, 0.2) is 0 Å². The van der Waals surface area contributed by atoms with Crippen molar-refractivity contribution in [3.8, 4) is 0 Å². The lowest BCUT2D eigenvalue weighted by atomic mass is 10.2. The topological polar surface area (TPSA) is 84.2 Å². The maximum atomic E-state index is 11.2. The molecule has 0 rings (SSSR count). The summed E-state index contributed by atoms with van der Waals surface area (Å²) in [6.45, 7) is 6.03. The molecule has 1 atom stereocenters. The molecule has 15 heavy (non-hydrogen) atoms. The van der Waals surface area contributed by atoms with E-state index >= 15 is 0 Å². The Bertz CT molecular complexity index is 229. The molecule has 0 saturated heterocycles. The van der Waals surface area contributed by atoms with Gasteiger partial charge in [-0.1, -0.05) is 13.0 Å². The molecule has 0 aliphatic carbocycles. The number of carbonyl (C=O) groups excluding carboxylic acids is 2. The van der Waals surface area contributed by atoms with Crippen molar-refractivity contribution < 1.29 is 9.59 Å². The lowest BCUT2D eigenvalue weighted by Gasteiger charge is -2.10. The summed E-state index contributed by atoms with van der Waals surface area (Å²) in [5.74, 6) is -0.530. The maximum absolute atomic E-state index is 11.2. The Labute approximate surface area is 90.1 Å². The van der Waals surface area contributed by atoms with Gasteiger partial charge in [-0.15, -0.1) is 6.58 Å². The molecular formula is C10H19N3O2. The molecule has 0 fully saturated rings. The molecule has 2 amide bonds. The summed E-state index contributed by atoms with van der Waals surface area (Å²) < 4.78 is 0. The van der Waals surface area contributed by atoms with E-state index in [1.165, 1.54) is 0 Å². The normalized spacial score (nSPS) is 11.6. The van der Waals surface area contributed by atoms with Gasteiger partial charge < -0.3 is 16.4 Å². The molecule has 1 unspecified atom stereocenters. The average molecular weight is 213 g/mol. The van der Waals surface area contributed by atoms with Crippen molar-refractivity contribution in [1.29, 1.82) is 0 Å². The fourth-order valence-corrected chi connectivity index (χ4v) is 0.912. The average Bonchev–Trinajstić information content (AvgIpc) is 2.23. The molecule has 0 heterocycles. The number of nitrogens with two attached hydrogens (primary N) is 1. The van der Waals surface area contributed by atoms with Crippen molar-refractivity contribution in [3.05, 3.63) is 12.7 Å². The number of rotatable bonds is 7. The molecule has 0 aliphatic rings. The van der Waals surface area contributed by atoms with Crippen LogP contribution in [0.5, 0.6) is 0 Å². The van der Waals surface area contributed by atoms with Crippen LogP contribution < -0.4 is 16.4 Å². The number of carbonyl (C=O) groups is 2. The minimum absolute atomic E-state index is 0.0241. The maximum Gasteiger partial charge on any atom is 0.239 e. The molecule has 0 saturated carbocycles. The summed E-state index contributed by atoms with van der Waals surface area (Å²) in [6, 6.07) is -0.624. The third kappa shape index (κ3) is 6.68. The number of hydrogen-bond donors (Lipinski definition) is 3. The van der Waals surface area contributed by atoms with Gasteiger partial charge in [0.05, 0.1) is 12.6 Å². The highest BCUT2D eigenvalue weighted by Crippen LogP contribution is 1.87. The summed E-state index contributed by atoms with van der Waals surface area (Å²) in [7, 11) is 0. The first-order valence-electron chi connectivity index (χ1n) is 5.02. The molecular weight excluding hydrogens is 194 g/mol. The van der Waals surface area contributed by atoms with E-state index in [1.54, 1.807) is 6.08 Å². The van der Waals surface area contributed by atoms with E-state index in [-0.39, 0.29) is 18.4 Å². The molecule has 0 aromatic rings. The second-order valence-electron chi connectivity index (χ2n) is 3.20. The van der Waals surface area contributed by atoms with E-state index in [4.69, 9.17) is 5.73 Å². The van der Waals surface area contributed by atoms with Gasteiger partial charge in [-0.2, -0.15) is 0 Å². The van der Waals surface area contributed by atoms with Crippen LogP contribution in [0.2, 0.25) is 0 Å². The molecule has 0 spiro atoms. The monoisotopic (exact) mass is 213 g/mol. The van der Waals surface area contributed by atoms with E-state index in [2.05, 4.69) is 17.2 Å². The van der Waals surface area contributed by atoms with Crippen LogP contribution in [-0.4, -0.2) is 30.9 Å². The highest BCUT2D eigenvalue weighted by molar-refractivity contribution is 5.87. The first-order chi connectivity index (χ1) is 7.11. The van der Waals surface area contributed by atoms with Crippen molar-refractivity contribution in [1.82, 2.24) is 10.6 Å². The zero-order valence-electron chi connectivity index (χ0n) is 9.08. The second kappa shape index (κ2) is 7.99. The summed E-state index contributed by atoms with van der Waals surface area (Å²) >= 11 is 0. The van der Waals surface area contributed by atoms with Crippen molar-refractivity contribution in [2.45, 2.75) is 25.8 Å². The van der Waals surface area contributed by atoms with Crippen molar-refractivity contribution >= 4 is 11.8 Å². The Morgan fingerprint density at radius 2 is 2.13 bits per heavy atom. The zero-order valence-corrected chi connectivity index (χ0v) is 9.08. The van der Waals surface area contributed by atoms with Crippen LogP contribution in [0.25, 0.3) is 0 Å². The van der Waals surface area contributed by atoms with Gasteiger partial charge in [-0.25, -0.2) is 0 Å². The SMILES string of the molecule is C=CCC(N)C(=O)NCC(=O)NCCC. The summed E-state index contributed by atoms with van der Waals surface area (Å²) in [6.07, 6.45) is 2.85. The Kier molecular flexibility index (Phi) is 7.27. The third-order valence-corrected chi connectivity index (χ3v) is 1.75. The number of nitrogens with one attached hydrogen (secondary N) is 2. The van der Waals surface area contributed by atoms with E-state index < -0.39 is 6.04 Å². The quantitative estimate of drug-likeness (QED) is 0.500. The molecule has 86 valence electrons. The van der Waals surface area contributed by atoms with E-state index in [0.717, 1.165) is 6.42 Å². The minimum Gasteiger partial charge on any atom is -0.355 e. The Morgan fingerprint density at radius 1 is 1.47 bits per heavy atom. The Hall–Kier alpha value is -1.36. The minimum atomic E-state index is -0.624. The summed E-state index contributed by atoms with van der Waals surface area (Å²) in [5.41, 5.74) is 5.50. The van der Waals surface area contributed by atoms with Gasteiger partial charge in [-0.3, -0.25) is 9.59 Å². The first kappa shape index (κ1) is 13.6. The standard InChI is InChI=1S/C10H19N3O2/c1-3-5-8(11)10(15)13-7-9(14)12-6-4-2/h3,8H,1,4-7,11H2,2H3,(H,12,14)(H,13,15). The van der Waals surface area contributed by atoms with Crippen LogP contribution in [0.1, 0.15) is 19.8 Å². The first-order valence-corrected chi connectivity index (χ1v) is 5.02. The number of hydrogen-bond acceptors (Lipinski definition) is 3. The molecule has 5 nitrogen and oxygen atoms in total. The summed E-state index contributed by atoms with van der Waals surface area (Å²) in [5, 5.41) is 5.10. The van der Waals surface area contributed by atoms with E-state index in [1.807, 2.05) is 6.92 Å². The lowest BCUT2D eigenvalue weighted by Crippen LogP contribution is -2.44. The molecule has 0 radical (unpaired) electrons. The predicted molar refractivity (Wildman–Crippen MR) is 59.1 cm³/mol. The predicted octanol–water partition coefficient (Wildman–Crippen LogP) is -0.468. The van der Waals surface area contributed by atoms with Crippen LogP contribution in [0, 0.1) is 0 Å². The Balaban J connectivity index is 3.69. The molecule has 4 N–H and O–H groups in total.